The smallest absolute Gasteiger partial charge is 0.277 e. The Morgan fingerprint density at radius 3 is 2.48 bits per heavy atom. The van der Waals surface area contributed by atoms with Gasteiger partial charge in [-0.2, -0.15) is 5.10 Å². The largest absolute Gasteiger partial charge is 0.489 e. The summed E-state index contributed by atoms with van der Waals surface area (Å²) in [7, 11) is 0. The third-order valence-corrected chi connectivity index (χ3v) is 4.43. The molecular weight excluding hydrogens is 362 g/mol. The molecule has 0 aliphatic carbocycles. The zero-order chi connectivity index (χ0) is 18.6. The maximum atomic E-state index is 12.5. The molecule has 2 heterocycles. The lowest BCUT2D eigenvalue weighted by Crippen LogP contribution is -2.13. The molecule has 0 spiro atoms. The van der Waals surface area contributed by atoms with Crippen molar-refractivity contribution in [2.24, 2.45) is 0 Å². The Bertz CT molecular complexity index is 1080. The fraction of sp³-hybridized carbons (Fsp3) is 0.0476. The van der Waals surface area contributed by atoms with Crippen molar-refractivity contribution in [1.82, 2.24) is 9.61 Å². The quantitative estimate of drug-likeness (QED) is 0.542. The molecule has 2 aromatic carbocycles. The molecule has 6 heteroatoms. The van der Waals surface area contributed by atoms with E-state index in [0.717, 1.165) is 11.3 Å². The molecule has 4 aromatic rings. The first kappa shape index (κ1) is 17.1. The van der Waals surface area contributed by atoms with Crippen LogP contribution in [0.2, 0.25) is 5.02 Å². The highest BCUT2D eigenvalue weighted by molar-refractivity contribution is 6.37. The second-order valence-corrected chi connectivity index (χ2v) is 6.32. The predicted molar refractivity (Wildman–Crippen MR) is 105 cm³/mol. The van der Waals surface area contributed by atoms with Gasteiger partial charge in [0.25, 0.3) is 5.91 Å². The Labute approximate surface area is 161 Å². The number of nitrogens with one attached hydrogen (secondary N) is 1. The van der Waals surface area contributed by atoms with E-state index >= 15 is 0 Å². The Hall–Kier alpha value is -3.31. The Balaban J connectivity index is 1.43. The number of carbonyl (C=O) groups is 1. The molecule has 1 N–H and O–H groups in total. The van der Waals surface area contributed by atoms with Gasteiger partial charge in [-0.25, -0.2) is 4.52 Å². The molecule has 0 unspecified atom stereocenters. The number of halogens is 1. The number of benzene rings is 2. The highest BCUT2D eigenvalue weighted by atomic mass is 35.5. The van der Waals surface area contributed by atoms with Crippen molar-refractivity contribution in [3.05, 3.63) is 95.3 Å². The Morgan fingerprint density at radius 1 is 1.00 bits per heavy atom. The number of amides is 1. The van der Waals surface area contributed by atoms with Crippen LogP contribution in [-0.4, -0.2) is 15.5 Å². The van der Waals surface area contributed by atoms with E-state index in [9.17, 15) is 4.79 Å². The van der Waals surface area contributed by atoms with Crippen LogP contribution < -0.4 is 10.1 Å². The van der Waals surface area contributed by atoms with Crippen molar-refractivity contribution in [1.29, 1.82) is 0 Å². The number of pyridine rings is 1. The second-order valence-electron chi connectivity index (χ2n) is 5.95. The first-order valence-electron chi connectivity index (χ1n) is 8.42. The van der Waals surface area contributed by atoms with Crippen LogP contribution >= 0.6 is 11.6 Å². The van der Waals surface area contributed by atoms with Crippen molar-refractivity contribution < 1.29 is 9.53 Å². The number of aromatic nitrogens is 2. The standard InChI is InChI=1S/C21H16ClN3O2/c22-19-18-8-4-5-13-25(18)24-20(19)21(26)23-16-9-11-17(12-10-16)27-14-15-6-2-1-3-7-15/h1-13H,14H2,(H,23,26). The van der Waals surface area contributed by atoms with Gasteiger partial charge in [-0.3, -0.25) is 4.79 Å². The van der Waals surface area contributed by atoms with Gasteiger partial charge in [0.2, 0.25) is 0 Å². The molecule has 0 aliphatic rings. The Kier molecular flexibility index (Phi) is 4.77. The topological polar surface area (TPSA) is 55.6 Å². The lowest BCUT2D eigenvalue weighted by atomic mass is 10.2. The molecular formula is C21H16ClN3O2. The lowest BCUT2D eigenvalue weighted by molar-refractivity contribution is 0.102. The summed E-state index contributed by atoms with van der Waals surface area (Å²) in [6.45, 7) is 0.489. The van der Waals surface area contributed by atoms with Crippen molar-refractivity contribution >= 4 is 28.7 Å². The zero-order valence-corrected chi connectivity index (χ0v) is 15.1. The Morgan fingerprint density at radius 2 is 1.74 bits per heavy atom. The summed E-state index contributed by atoms with van der Waals surface area (Å²) < 4.78 is 7.33. The third kappa shape index (κ3) is 3.78. The molecule has 0 saturated heterocycles. The van der Waals surface area contributed by atoms with Gasteiger partial charge in [0.1, 0.15) is 12.4 Å². The van der Waals surface area contributed by atoms with Gasteiger partial charge < -0.3 is 10.1 Å². The van der Waals surface area contributed by atoms with Crippen LogP contribution in [0.25, 0.3) is 5.52 Å². The molecule has 0 bridgehead atoms. The predicted octanol–water partition coefficient (Wildman–Crippen LogP) is 4.82. The van der Waals surface area contributed by atoms with Gasteiger partial charge in [0.15, 0.2) is 5.69 Å². The van der Waals surface area contributed by atoms with Crippen LogP contribution in [-0.2, 0) is 6.61 Å². The molecule has 2 aromatic heterocycles. The third-order valence-electron chi connectivity index (χ3n) is 4.06. The van der Waals surface area contributed by atoms with Crippen LogP contribution in [0.15, 0.2) is 79.0 Å². The van der Waals surface area contributed by atoms with E-state index in [1.54, 1.807) is 22.8 Å². The maximum Gasteiger partial charge on any atom is 0.277 e. The highest BCUT2D eigenvalue weighted by Crippen LogP contribution is 2.23. The lowest BCUT2D eigenvalue weighted by Gasteiger charge is -2.08. The second kappa shape index (κ2) is 7.51. The number of ether oxygens (including phenoxy) is 1. The van der Waals surface area contributed by atoms with E-state index in [-0.39, 0.29) is 11.6 Å². The summed E-state index contributed by atoms with van der Waals surface area (Å²) >= 11 is 6.28. The average molecular weight is 378 g/mol. The number of nitrogens with zero attached hydrogens (tertiary/aromatic N) is 2. The van der Waals surface area contributed by atoms with E-state index in [1.807, 2.05) is 60.7 Å². The molecule has 5 nitrogen and oxygen atoms in total. The molecule has 134 valence electrons. The highest BCUT2D eigenvalue weighted by Gasteiger charge is 2.17. The number of hydrogen-bond donors (Lipinski definition) is 1. The van der Waals surface area contributed by atoms with Gasteiger partial charge in [0.05, 0.1) is 10.5 Å². The zero-order valence-electron chi connectivity index (χ0n) is 14.3. The van der Waals surface area contributed by atoms with Crippen LogP contribution in [0.3, 0.4) is 0 Å². The van der Waals surface area contributed by atoms with E-state index in [4.69, 9.17) is 16.3 Å². The minimum Gasteiger partial charge on any atom is -0.489 e. The summed E-state index contributed by atoms with van der Waals surface area (Å²) in [4.78, 5) is 12.5. The van der Waals surface area contributed by atoms with Crippen molar-refractivity contribution in [3.63, 3.8) is 0 Å². The molecule has 27 heavy (non-hydrogen) atoms. The van der Waals surface area contributed by atoms with Crippen molar-refractivity contribution in [2.75, 3.05) is 5.32 Å². The van der Waals surface area contributed by atoms with Crippen LogP contribution in [0.5, 0.6) is 5.75 Å². The van der Waals surface area contributed by atoms with Crippen LogP contribution in [0.4, 0.5) is 5.69 Å². The SMILES string of the molecule is O=C(Nc1ccc(OCc2ccccc2)cc1)c1nn2ccccc2c1Cl. The average Bonchev–Trinajstić information content (AvgIpc) is 3.05. The van der Waals surface area contributed by atoms with E-state index in [1.165, 1.54) is 0 Å². The molecule has 0 radical (unpaired) electrons. The fourth-order valence-electron chi connectivity index (χ4n) is 2.68. The molecule has 1 amide bonds. The summed E-state index contributed by atoms with van der Waals surface area (Å²) in [6, 6.07) is 22.6. The minimum atomic E-state index is -0.360. The molecule has 0 atom stereocenters. The van der Waals surface area contributed by atoms with Gasteiger partial charge in [-0.05, 0) is 42.0 Å². The first-order chi connectivity index (χ1) is 13.2. The van der Waals surface area contributed by atoms with E-state index in [0.29, 0.717) is 22.8 Å². The summed E-state index contributed by atoms with van der Waals surface area (Å²) in [5.74, 6) is 0.365. The maximum absolute atomic E-state index is 12.5. The van der Waals surface area contributed by atoms with Gasteiger partial charge in [0, 0.05) is 11.9 Å². The minimum absolute atomic E-state index is 0.187. The van der Waals surface area contributed by atoms with Crippen molar-refractivity contribution in [3.8, 4) is 5.75 Å². The van der Waals surface area contributed by atoms with Gasteiger partial charge in [-0.15, -0.1) is 0 Å². The van der Waals surface area contributed by atoms with Gasteiger partial charge >= 0.3 is 0 Å². The number of hydrogen-bond acceptors (Lipinski definition) is 3. The van der Waals surface area contributed by atoms with Crippen molar-refractivity contribution in [2.45, 2.75) is 6.61 Å². The van der Waals surface area contributed by atoms with Crippen LogP contribution in [0, 0.1) is 0 Å². The summed E-state index contributed by atoms with van der Waals surface area (Å²) in [6.07, 6.45) is 1.75. The van der Waals surface area contributed by atoms with E-state index in [2.05, 4.69) is 10.4 Å². The molecule has 4 rings (SSSR count). The number of carbonyl (C=O) groups excluding carboxylic acids is 1. The fourth-order valence-corrected chi connectivity index (χ4v) is 2.95. The number of fused-ring (bicyclic) bond motifs is 1. The number of anilines is 1. The van der Waals surface area contributed by atoms with Gasteiger partial charge in [-0.1, -0.05) is 48.0 Å². The summed E-state index contributed by atoms with van der Waals surface area (Å²) in [5.41, 5.74) is 2.61. The van der Waals surface area contributed by atoms with Crippen LogP contribution in [0.1, 0.15) is 16.1 Å². The normalized spacial score (nSPS) is 10.7. The van der Waals surface area contributed by atoms with E-state index < -0.39 is 0 Å². The number of rotatable bonds is 5. The monoisotopic (exact) mass is 377 g/mol. The molecule has 0 saturated carbocycles. The summed E-state index contributed by atoms with van der Waals surface area (Å²) in [5, 5.41) is 7.37. The first-order valence-corrected chi connectivity index (χ1v) is 8.79. The molecule has 0 aliphatic heterocycles. The molecule has 0 fully saturated rings.